The third kappa shape index (κ3) is 2.16. The summed E-state index contributed by atoms with van der Waals surface area (Å²) in [5.74, 6) is 1.23. The summed E-state index contributed by atoms with van der Waals surface area (Å²) >= 11 is 0. The molecule has 6 heteroatoms. The van der Waals surface area contributed by atoms with Gasteiger partial charge in [0, 0.05) is 17.5 Å². The van der Waals surface area contributed by atoms with Gasteiger partial charge < -0.3 is 5.32 Å². The minimum atomic E-state index is -0.133. The molecule has 0 radical (unpaired) electrons. The third-order valence-electron chi connectivity index (χ3n) is 3.48. The van der Waals surface area contributed by atoms with Gasteiger partial charge in [0.1, 0.15) is 5.82 Å². The summed E-state index contributed by atoms with van der Waals surface area (Å²) in [6.45, 7) is 7.14. The molecule has 1 aliphatic rings. The highest BCUT2D eigenvalue weighted by Gasteiger charge is 2.22. The number of nitrogens with zero attached hydrogens (tertiary/aromatic N) is 3. The number of rotatable bonds is 1. The van der Waals surface area contributed by atoms with E-state index in [2.05, 4.69) is 41.2 Å². The zero-order chi connectivity index (χ0) is 13.6. The topological polar surface area (TPSA) is 75.1 Å². The standard InChI is InChI=1S/C13H19N5O/c1-13(2,3)11-16-12-15-9(8-5-4-6-14-8)7-10(19)18(12)17-11/h7-8,14H,4-6H2,1-3H3,(H,15,16,17). The minimum Gasteiger partial charge on any atom is -0.309 e. The fourth-order valence-corrected chi connectivity index (χ4v) is 2.35. The quantitative estimate of drug-likeness (QED) is 0.807. The van der Waals surface area contributed by atoms with E-state index < -0.39 is 0 Å². The molecule has 0 saturated carbocycles. The Morgan fingerprint density at radius 1 is 1.37 bits per heavy atom. The van der Waals surface area contributed by atoms with Gasteiger partial charge in [0.05, 0.1) is 5.69 Å². The highest BCUT2D eigenvalue weighted by Crippen LogP contribution is 2.21. The molecule has 1 saturated heterocycles. The highest BCUT2D eigenvalue weighted by molar-refractivity contribution is 5.30. The van der Waals surface area contributed by atoms with Crippen molar-refractivity contribution in [3.8, 4) is 0 Å². The molecule has 0 spiro atoms. The molecule has 3 heterocycles. The summed E-state index contributed by atoms with van der Waals surface area (Å²) in [7, 11) is 0. The van der Waals surface area contributed by atoms with Gasteiger partial charge in [0.15, 0.2) is 0 Å². The molecule has 2 aromatic heterocycles. The SMILES string of the molecule is CC(C)(C)c1nc2nc(C3CCCN3)cc(=O)n2[nH]1. The first-order valence-electron chi connectivity index (χ1n) is 6.69. The number of hydrogen-bond donors (Lipinski definition) is 2. The molecule has 19 heavy (non-hydrogen) atoms. The predicted octanol–water partition coefficient (Wildman–Crippen LogP) is 1.14. The van der Waals surface area contributed by atoms with E-state index in [9.17, 15) is 4.79 Å². The number of H-pyrrole nitrogens is 1. The van der Waals surface area contributed by atoms with Gasteiger partial charge in [-0.15, -0.1) is 0 Å². The molecule has 102 valence electrons. The molecule has 0 amide bonds. The molecule has 2 N–H and O–H groups in total. The average molecular weight is 261 g/mol. The summed E-state index contributed by atoms with van der Waals surface area (Å²) in [5.41, 5.74) is 0.567. The Hall–Kier alpha value is -1.69. The van der Waals surface area contributed by atoms with Crippen LogP contribution in [0.5, 0.6) is 0 Å². The molecule has 1 atom stereocenters. The summed E-state index contributed by atoms with van der Waals surface area (Å²) in [5, 5.41) is 6.38. The van der Waals surface area contributed by atoms with Crippen LogP contribution in [0.4, 0.5) is 0 Å². The molecule has 2 aromatic rings. The monoisotopic (exact) mass is 261 g/mol. The Bertz CT molecular complexity index is 658. The van der Waals surface area contributed by atoms with E-state index in [4.69, 9.17) is 0 Å². The molecule has 6 nitrogen and oxygen atoms in total. The molecule has 1 aliphatic heterocycles. The maximum absolute atomic E-state index is 12.1. The van der Waals surface area contributed by atoms with Crippen LogP contribution in [0.1, 0.15) is 51.2 Å². The summed E-state index contributed by atoms with van der Waals surface area (Å²) in [4.78, 5) is 21.1. The van der Waals surface area contributed by atoms with E-state index in [0.717, 1.165) is 30.9 Å². The van der Waals surface area contributed by atoms with Crippen molar-refractivity contribution in [1.82, 2.24) is 24.9 Å². The zero-order valence-electron chi connectivity index (χ0n) is 11.5. The van der Waals surface area contributed by atoms with Gasteiger partial charge >= 0.3 is 0 Å². The number of nitrogens with one attached hydrogen (secondary N) is 2. The van der Waals surface area contributed by atoms with Crippen molar-refractivity contribution in [3.63, 3.8) is 0 Å². The van der Waals surface area contributed by atoms with Gasteiger partial charge in [-0.05, 0) is 19.4 Å². The van der Waals surface area contributed by atoms with Crippen molar-refractivity contribution in [1.29, 1.82) is 0 Å². The molecular formula is C13H19N5O. The Morgan fingerprint density at radius 3 is 2.79 bits per heavy atom. The summed E-state index contributed by atoms with van der Waals surface area (Å²) in [6, 6.07) is 1.79. The van der Waals surface area contributed by atoms with Crippen LogP contribution in [-0.4, -0.2) is 26.1 Å². The van der Waals surface area contributed by atoms with Gasteiger partial charge in [-0.3, -0.25) is 9.89 Å². The Morgan fingerprint density at radius 2 is 2.16 bits per heavy atom. The lowest BCUT2D eigenvalue weighted by atomic mass is 9.96. The number of hydrogen-bond acceptors (Lipinski definition) is 4. The molecule has 1 unspecified atom stereocenters. The van der Waals surface area contributed by atoms with Crippen LogP contribution in [0.25, 0.3) is 5.78 Å². The van der Waals surface area contributed by atoms with Crippen molar-refractivity contribution >= 4 is 5.78 Å². The Labute approximate surface area is 111 Å². The fourth-order valence-electron chi connectivity index (χ4n) is 2.35. The lowest BCUT2D eigenvalue weighted by Gasteiger charge is -2.12. The van der Waals surface area contributed by atoms with Gasteiger partial charge in [0.25, 0.3) is 11.3 Å². The normalized spacial score (nSPS) is 20.3. The van der Waals surface area contributed by atoms with Crippen LogP contribution in [-0.2, 0) is 5.41 Å². The first-order valence-corrected chi connectivity index (χ1v) is 6.69. The second kappa shape index (κ2) is 4.16. The first kappa shape index (κ1) is 12.3. The number of fused-ring (bicyclic) bond motifs is 1. The molecule has 0 aromatic carbocycles. The summed E-state index contributed by atoms with van der Waals surface area (Å²) in [6.07, 6.45) is 2.15. The summed E-state index contributed by atoms with van der Waals surface area (Å²) < 4.78 is 1.42. The highest BCUT2D eigenvalue weighted by atomic mass is 16.1. The average Bonchev–Trinajstić information content (AvgIpc) is 2.96. The first-order chi connectivity index (χ1) is 8.95. The van der Waals surface area contributed by atoms with E-state index in [1.807, 2.05) is 0 Å². The van der Waals surface area contributed by atoms with Crippen LogP contribution in [0.3, 0.4) is 0 Å². The maximum atomic E-state index is 12.1. The van der Waals surface area contributed by atoms with E-state index in [-0.39, 0.29) is 17.0 Å². The third-order valence-corrected chi connectivity index (χ3v) is 3.48. The van der Waals surface area contributed by atoms with Gasteiger partial charge in [-0.25, -0.2) is 4.98 Å². The van der Waals surface area contributed by atoms with Crippen LogP contribution in [0, 0.1) is 0 Å². The van der Waals surface area contributed by atoms with Gasteiger partial charge in [-0.2, -0.15) is 9.50 Å². The van der Waals surface area contributed by atoms with Crippen LogP contribution < -0.4 is 10.9 Å². The Kier molecular flexibility index (Phi) is 2.70. The largest absolute Gasteiger partial charge is 0.309 e. The van der Waals surface area contributed by atoms with E-state index in [1.54, 1.807) is 6.07 Å². The zero-order valence-corrected chi connectivity index (χ0v) is 11.5. The molecule has 0 bridgehead atoms. The smallest absolute Gasteiger partial charge is 0.274 e. The number of aromatic nitrogens is 4. The predicted molar refractivity (Wildman–Crippen MR) is 72.3 cm³/mol. The second-order valence-corrected chi connectivity index (χ2v) is 6.13. The lowest BCUT2D eigenvalue weighted by molar-refractivity contribution is 0.544. The van der Waals surface area contributed by atoms with Crippen LogP contribution >= 0.6 is 0 Å². The second-order valence-electron chi connectivity index (χ2n) is 6.13. The molecule has 1 fully saturated rings. The lowest BCUT2D eigenvalue weighted by Crippen LogP contribution is -2.21. The van der Waals surface area contributed by atoms with Crippen LogP contribution in [0.2, 0.25) is 0 Å². The van der Waals surface area contributed by atoms with E-state index >= 15 is 0 Å². The van der Waals surface area contributed by atoms with Crippen molar-refractivity contribution in [2.24, 2.45) is 0 Å². The molecule has 0 aliphatic carbocycles. The molecular weight excluding hydrogens is 242 g/mol. The fraction of sp³-hybridized carbons (Fsp3) is 0.615. The van der Waals surface area contributed by atoms with Gasteiger partial charge in [-0.1, -0.05) is 20.8 Å². The minimum absolute atomic E-state index is 0.100. The van der Waals surface area contributed by atoms with Crippen molar-refractivity contribution in [3.05, 3.63) is 27.9 Å². The Balaban J connectivity index is 2.12. The van der Waals surface area contributed by atoms with Crippen LogP contribution in [0.15, 0.2) is 10.9 Å². The maximum Gasteiger partial charge on any atom is 0.274 e. The number of aromatic amines is 1. The van der Waals surface area contributed by atoms with Crippen molar-refractivity contribution in [2.75, 3.05) is 6.54 Å². The van der Waals surface area contributed by atoms with Crippen molar-refractivity contribution in [2.45, 2.75) is 45.1 Å². The van der Waals surface area contributed by atoms with Crippen molar-refractivity contribution < 1.29 is 0 Å². The molecule has 3 rings (SSSR count). The van der Waals surface area contributed by atoms with Gasteiger partial charge in [0.2, 0.25) is 0 Å². The van der Waals surface area contributed by atoms with E-state index in [1.165, 1.54) is 4.52 Å². The van der Waals surface area contributed by atoms with E-state index in [0.29, 0.717) is 5.78 Å².